The molecule has 2 heterocycles. The molecule has 1 saturated heterocycles. The summed E-state index contributed by atoms with van der Waals surface area (Å²) in [5.74, 6) is -1.65. The number of ether oxygens (including phenoxy) is 3. The number of Topliss-reactive ketones (excluding diaryl/α,β-unsaturated/α-hetero) is 1. The Balaban J connectivity index is 1.46. The van der Waals surface area contributed by atoms with Crippen LogP contribution in [-0.2, 0) is 19.1 Å². The molecule has 0 amide bonds. The van der Waals surface area contributed by atoms with Gasteiger partial charge in [0.1, 0.15) is 30.2 Å². The average Bonchev–Trinajstić information content (AvgIpc) is 2.74. The van der Waals surface area contributed by atoms with Crippen LogP contribution in [0.3, 0.4) is 0 Å². The Morgan fingerprint density at radius 2 is 1.71 bits per heavy atom. The molecule has 2 aliphatic heterocycles. The van der Waals surface area contributed by atoms with Gasteiger partial charge in [-0.1, -0.05) is 12.1 Å². The second kappa shape index (κ2) is 8.56. The number of carbonyl (C=O) groups is 2. The number of aliphatic hydroxyl groups excluding tert-OH is 4. The number of benzene rings is 1. The van der Waals surface area contributed by atoms with Gasteiger partial charge in [-0.3, -0.25) is 4.79 Å². The van der Waals surface area contributed by atoms with E-state index >= 15 is 0 Å². The van der Waals surface area contributed by atoms with Crippen LogP contribution < -0.4 is 4.74 Å². The Kier molecular flexibility index (Phi) is 6.00. The fourth-order valence-corrected chi connectivity index (χ4v) is 4.18. The Morgan fingerprint density at radius 3 is 2.39 bits per heavy atom. The first-order valence-corrected chi connectivity index (χ1v) is 10.0. The van der Waals surface area contributed by atoms with Gasteiger partial charge in [0.15, 0.2) is 11.9 Å². The fraction of sp³-hybridized carbons (Fsp3) is 0.524. The van der Waals surface area contributed by atoms with Crippen LogP contribution in [0, 0.1) is 5.92 Å². The number of hydrogen-bond acceptors (Lipinski definition) is 9. The van der Waals surface area contributed by atoms with E-state index in [0.717, 1.165) is 0 Å². The number of carboxylic acid groups (broad SMARTS) is 1. The number of carbonyl (C=O) groups excluding carboxylic acids is 1. The summed E-state index contributed by atoms with van der Waals surface area (Å²) in [5, 5.41) is 48.5. The van der Waals surface area contributed by atoms with E-state index < -0.39 is 42.8 Å². The number of rotatable bonds is 4. The van der Waals surface area contributed by atoms with Gasteiger partial charge in [-0.05, 0) is 30.5 Å². The van der Waals surface area contributed by atoms with E-state index in [4.69, 9.17) is 19.3 Å². The summed E-state index contributed by atoms with van der Waals surface area (Å²) in [7, 11) is 0. The van der Waals surface area contributed by atoms with Crippen LogP contribution in [0.25, 0.3) is 5.57 Å². The van der Waals surface area contributed by atoms with Crippen LogP contribution in [0.1, 0.15) is 24.8 Å². The maximum atomic E-state index is 12.9. The fourth-order valence-electron chi connectivity index (χ4n) is 4.18. The molecule has 1 aliphatic carbocycles. The van der Waals surface area contributed by atoms with Crippen molar-refractivity contribution >= 4 is 17.3 Å². The van der Waals surface area contributed by atoms with Crippen LogP contribution >= 0.6 is 0 Å². The van der Waals surface area contributed by atoms with Gasteiger partial charge in [0.05, 0.1) is 23.9 Å². The molecule has 0 aromatic heterocycles. The minimum absolute atomic E-state index is 0.0516. The largest absolute Gasteiger partial charge is 0.496 e. The molecular weight excluding hydrogens is 412 g/mol. The standard InChI is InChI=1S/C21H24O10/c22-10-3-6-12-14(7-10)29-8-13(15(12)23)9-1-4-11(5-2-9)30-21-18(26)16(24)17(25)19(31-21)20(27)28/h1-2,4-5,8,10,12,14,16-19,21-22,24-26H,3,6-7H2,(H,27,28)/t10?,12?,14?,16-,17-,18+,19-,21+/m0/s1. The summed E-state index contributed by atoms with van der Waals surface area (Å²) in [6.07, 6.45) is -6.35. The highest BCUT2D eigenvalue weighted by Gasteiger charge is 2.48. The molecule has 4 rings (SSSR count). The van der Waals surface area contributed by atoms with Crippen LogP contribution in [-0.4, -0.2) is 80.2 Å². The zero-order valence-corrected chi connectivity index (χ0v) is 16.4. The van der Waals surface area contributed by atoms with E-state index in [2.05, 4.69) is 0 Å². The number of carboxylic acids is 1. The Labute approximate surface area is 177 Å². The summed E-state index contributed by atoms with van der Waals surface area (Å²) in [4.78, 5) is 24.0. The summed E-state index contributed by atoms with van der Waals surface area (Å²) < 4.78 is 16.2. The molecule has 3 aliphatic rings. The summed E-state index contributed by atoms with van der Waals surface area (Å²) in [6, 6.07) is 6.22. The van der Waals surface area contributed by atoms with Gasteiger partial charge >= 0.3 is 5.97 Å². The van der Waals surface area contributed by atoms with Gasteiger partial charge in [0, 0.05) is 6.42 Å². The third kappa shape index (κ3) is 4.17. The number of allylic oxidation sites excluding steroid dienone is 1. The Hall–Kier alpha value is -2.50. The molecule has 3 unspecified atom stereocenters. The Bertz CT molecular complexity index is 865. The monoisotopic (exact) mass is 436 g/mol. The molecule has 0 bridgehead atoms. The molecule has 168 valence electrons. The first-order valence-electron chi connectivity index (χ1n) is 10.0. The normalized spacial score (nSPS) is 37.9. The van der Waals surface area contributed by atoms with Crippen LogP contribution in [0.5, 0.6) is 5.75 Å². The highest BCUT2D eigenvalue weighted by Crippen LogP contribution is 2.36. The third-order valence-electron chi connectivity index (χ3n) is 5.96. The highest BCUT2D eigenvalue weighted by molar-refractivity contribution is 6.22. The van der Waals surface area contributed by atoms with Crippen molar-refractivity contribution in [3.63, 3.8) is 0 Å². The predicted molar refractivity (Wildman–Crippen MR) is 103 cm³/mol. The smallest absolute Gasteiger partial charge is 0.335 e. The molecular formula is C21H24O10. The number of ketones is 1. The minimum Gasteiger partial charge on any atom is -0.496 e. The van der Waals surface area contributed by atoms with E-state index in [-0.39, 0.29) is 23.6 Å². The minimum atomic E-state index is -1.80. The zero-order valence-electron chi connectivity index (χ0n) is 16.4. The molecule has 5 N–H and O–H groups in total. The van der Waals surface area contributed by atoms with E-state index in [1.807, 2.05) is 0 Å². The molecule has 10 heteroatoms. The Morgan fingerprint density at radius 1 is 1.00 bits per heavy atom. The van der Waals surface area contributed by atoms with Gasteiger partial charge in [-0.25, -0.2) is 4.79 Å². The first kappa shape index (κ1) is 21.7. The molecule has 2 fully saturated rings. The molecule has 10 nitrogen and oxygen atoms in total. The lowest BCUT2D eigenvalue weighted by molar-refractivity contribution is -0.271. The van der Waals surface area contributed by atoms with E-state index in [9.17, 15) is 30.0 Å². The van der Waals surface area contributed by atoms with Gasteiger partial charge in [0.2, 0.25) is 6.29 Å². The van der Waals surface area contributed by atoms with Crippen molar-refractivity contribution in [1.29, 1.82) is 0 Å². The SMILES string of the molecule is O=C1C(c2ccc(O[C@@H]3O[C@H](C(=O)O)[C@@H](O)[C@H](O)[C@H]3O)cc2)=COC2CC(O)CCC12. The molecule has 1 aromatic carbocycles. The second-order valence-corrected chi connectivity index (χ2v) is 8.02. The summed E-state index contributed by atoms with van der Waals surface area (Å²) >= 11 is 0. The molecule has 1 aromatic rings. The van der Waals surface area contributed by atoms with Crippen LogP contribution in [0.15, 0.2) is 30.5 Å². The predicted octanol–water partition coefficient (Wildman–Crippen LogP) is -0.573. The lowest BCUT2D eigenvalue weighted by Crippen LogP contribution is -2.61. The van der Waals surface area contributed by atoms with Crippen molar-refractivity contribution in [2.24, 2.45) is 5.92 Å². The second-order valence-electron chi connectivity index (χ2n) is 8.02. The highest BCUT2D eigenvalue weighted by atomic mass is 16.7. The van der Waals surface area contributed by atoms with Gasteiger partial charge in [0.25, 0.3) is 0 Å². The maximum absolute atomic E-state index is 12.9. The lowest BCUT2D eigenvalue weighted by atomic mass is 9.78. The van der Waals surface area contributed by atoms with Crippen LogP contribution in [0.2, 0.25) is 0 Å². The zero-order chi connectivity index (χ0) is 22.3. The summed E-state index contributed by atoms with van der Waals surface area (Å²) in [6.45, 7) is 0. The molecule has 0 spiro atoms. The number of hydrogen-bond donors (Lipinski definition) is 5. The molecule has 0 radical (unpaired) electrons. The van der Waals surface area contributed by atoms with Crippen LogP contribution in [0.4, 0.5) is 0 Å². The maximum Gasteiger partial charge on any atom is 0.335 e. The summed E-state index contributed by atoms with van der Waals surface area (Å²) in [5.41, 5.74) is 0.994. The number of aliphatic carboxylic acids is 1. The van der Waals surface area contributed by atoms with Crippen molar-refractivity contribution in [2.75, 3.05) is 0 Å². The van der Waals surface area contributed by atoms with E-state index in [1.54, 1.807) is 12.1 Å². The topological polar surface area (TPSA) is 163 Å². The number of fused-ring (bicyclic) bond motifs is 1. The van der Waals surface area contributed by atoms with Gasteiger partial charge in [-0.15, -0.1) is 0 Å². The van der Waals surface area contributed by atoms with Crippen molar-refractivity contribution in [2.45, 2.75) is 62.2 Å². The van der Waals surface area contributed by atoms with Crippen molar-refractivity contribution in [3.8, 4) is 5.75 Å². The van der Waals surface area contributed by atoms with Crippen molar-refractivity contribution < 1.29 is 49.3 Å². The van der Waals surface area contributed by atoms with E-state index in [1.165, 1.54) is 18.4 Å². The van der Waals surface area contributed by atoms with Gasteiger partial charge < -0.3 is 39.7 Å². The lowest BCUT2D eigenvalue weighted by Gasteiger charge is -2.38. The average molecular weight is 436 g/mol. The molecule has 31 heavy (non-hydrogen) atoms. The van der Waals surface area contributed by atoms with E-state index in [0.29, 0.717) is 30.4 Å². The molecule has 8 atom stereocenters. The van der Waals surface area contributed by atoms with Crippen molar-refractivity contribution in [1.82, 2.24) is 0 Å². The molecule has 1 saturated carbocycles. The third-order valence-corrected chi connectivity index (χ3v) is 5.96. The first-order chi connectivity index (χ1) is 14.8. The van der Waals surface area contributed by atoms with Crippen molar-refractivity contribution in [3.05, 3.63) is 36.1 Å². The number of aliphatic hydroxyl groups is 4. The quantitative estimate of drug-likeness (QED) is 0.413. The van der Waals surface area contributed by atoms with Gasteiger partial charge in [-0.2, -0.15) is 0 Å².